The van der Waals surface area contributed by atoms with E-state index in [1.165, 1.54) is 50.1 Å². The van der Waals surface area contributed by atoms with E-state index >= 15 is 0 Å². The fraction of sp³-hybridized carbons (Fsp3) is 0.0357. The number of rotatable bonds is 7. The predicted molar refractivity (Wildman–Crippen MR) is 242 cm³/mol. The third kappa shape index (κ3) is 5.49. The lowest BCUT2D eigenvalue weighted by molar-refractivity contribution is 0.670. The Morgan fingerprint density at radius 1 is 0.345 bits per heavy atom. The van der Waals surface area contributed by atoms with Crippen LogP contribution in [0.1, 0.15) is 23.6 Å². The number of anilines is 3. The second kappa shape index (κ2) is 13.7. The van der Waals surface area contributed by atoms with Gasteiger partial charge in [-0.25, -0.2) is 0 Å². The van der Waals surface area contributed by atoms with Crippen LogP contribution in [0.4, 0.5) is 17.1 Å². The molecule has 9 aromatic carbocycles. The van der Waals surface area contributed by atoms with E-state index in [1.807, 2.05) is 12.1 Å². The van der Waals surface area contributed by atoms with E-state index in [4.69, 9.17) is 4.42 Å². The molecule has 0 aliphatic heterocycles. The molecule has 0 spiro atoms. The Bertz CT molecular complexity index is 3040. The molecular formula is C56H39NO. The zero-order chi connectivity index (χ0) is 38.6. The summed E-state index contributed by atoms with van der Waals surface area (Å²) in [5.41, 5.74) is 18.5. The molecule has 2 nitrogen and oxygen atoms in total. The van der Waals surface area contributed by atoms with Crippen molar-refractivity contribution >= 4 is 39.0 Å². The zero-order valence-electron chi connectivity index (χ0n) is 32.1. The Morgan fingerprint density at radius 2 is 0.776 bits per heavy atom. The lowest BCUT2D eigenvalue weighted by Crippen LogP contribution is -2.22. The molecule has 11 rings (SSSR count). The van der Waals surface area contributed by atoms with Crippen LogP contribution in [0, 0.1) is 0 Å². The Kier molecular flexibility index (Phi) is 7.97. The van der Waals surface area contributed by atoms with Crippen LogP contribution in [0.15, 0.2) is 223 Å². The highest BCUT2D eigenvalue weighted by atomic mass is 16.3. The maximum absolute atomic E-state index is 6.43. The second-order valence-corrected chi connectivity index (χ2v) is 15.4. The van der Waals surface area contributed by atoms with Crippen molar-refractivity contribution in [2.45, 2.75) is 12.3 Å². The molecule has 0 amide bonds. The van der Waals surface area contributed by atoms with Crippen LogP contribution in [0.3, 0.4) is 0 Å². The summed E-state index contributed by atoms with van der Waals surface area (Å²) in [4.78, 5) is 2.36. The van der Waals surface area contributed by atoms with Gasteiger partial charge in [0.25, 0.3) is 0 Å². The van der Waals surface area contributed by atoms with Crippen molar-refractivity contribution in [1.29, 1.82) is 0 Å². The Morgan fingerprint density at radius 3 is 1.38 bits per heavy atom. The first-order valence-electron chi connectivity index (χ1n) is 20.0. The van der Waals surface area contributed by atoms with E-state index in [9.17, 15) is 0 Å². The third-order valence-corrected chi connectivity index (χ3v) is 12.2. The normalized spacial score (nSPS) is 12.7. The fourth-order valence-corrected chi connectivity index (χ4v) is 9.21. The van der Waals surface area contributed by atoms with Crippen LogP contribution >= 0.6 is 0 Å². The van der Waals surface area contributed by atoms with Gasteiger partial charge in [0.2, 0.25) is 0 Å². The van der Waals surface area contributed by atoms with Crippen LogP contribution < -0.4 is 4.90 Å². The molecule has 1 aliphatic rings. The number of hydrogen-bond donors (Lipinski definition) is 0. The highest BCUT2D eigenvalue weighted by molar-refractivity contribution is 6.09. The smallest absolute Gasteiger partial charge is 0.143 e. The Hall–Kier alpha value is -7.42. The fourth-order valence-electron chi connectivity index (χ4n) is 9.21. The highest BCUT2D eigenvalue weighted by Crippen LogP contribution is 2.52. The van der Waals surface area contributed by atoms with Crippen LogP contribution in [-0.4, -0.2) is 0 Å². The van der Waals surface area contributed by atoms with Gasteiger partial charge < -0.3 is 9.32 Å². The summed E-state index contributed by atoms with van der Waals surface area (Å²) in [6.45, 7) is 2.37. The van der Waals surface area contributed by atoms with Crippen molar-refractivity contribution in [2.75, 3.05) is 4.90 Å². The molecule has 2 heteroatoms. The van der Waals surface area contributed by atoms with Gasteiger partial charge in [0.15, 0.2) is 0 Å². The third-order valence-electron chi connectivity index (χ3n) is 12.2. The molecule has 0 atom stereocenters. The molecule has 0 radical (unpaired) electrons. The Balaban J connectivity index is 0.980. The topological polar surface area (TPSA) is 16.4 Å². The average molecular weight is 742 g/mol. The first-order chi connectivity index (χ1) is 28.6. The van der Waals surface area contributed by atoms with E-state index in [-0.39, 0.29) is 5.41 Å². The monoisotopic (exact) mass is 741 g/mol. The molecule has 0 saturated heterocycles. The maximum atomic E-state index is 6.43. The summed E-state index contributed by atoms with van der Waals surface area (Å²) in [6.07, 6.45) is 0. The van der Waals surface area contributed by atoms with Gasteiger partial charge in [-0.1, -0.05) is 176 Å². The minimum atomic E-state index is -0.256. The lowest BCUT2D eigenvalue weighted by Gasteiger charge is -2.30. The number of nitrogens with zero attached hydrogens (tertiary/aromatic N) is 1. The number of benzene rings is 9. The number of fused-ring (bicyclic) bond motifs is 6. The minimum Gasteiger partial charge on any atom is -0.455 e. The summed E-state index contributed by atoms with van der Waals surface area (Å²) in [7, 11) is 0. The van der Waals surface area contributed by atoms with Crippen molar-refractivity contribution in [3.63, 3.8) is 0 Å². The van der Waals surface area contributed by atoms with Crippen molar-refractivity contribution < 1.29 is 4.42 Å². The molecule has 0 N–H and O–H groups in total. The molecular weight excluding hydrogens is 703 g/mol. The first-order valence-corrected chi connectivity index (χ1v) is 20.0. The minimum absolute atomic E-state index is 0.256. The number of para-hydroxylation sites is 2. The molecule has 0 saturated carbocycles. The number of hydrogen-bond acceptors (Lipinski definition) is 2. The van der Waals surface area contributed by atoms with Gasteiger partial charge >= 0.3 is 0 Å². The molecule has 0 unspecified atom stereocenters. The quantitative estimate of drug-likeness (QED) is 0.162. The summed E-state index contributed by atoms with van der Waals surface area (Å²) < 4.78 is 6.43. The van der Waals surface area contributed by atoms with Crippen LogP contribution in [0.2, 0.25) is 0 Å². The molecule has 0 bridgehead atoms. The number of furan rings is 1. The molecule has 1 heterocycles. The van der Waals surface area contributed by atoms with E-state index in [2.05, 4.69) is 218 Å². The molecule has 10 aromatic rings. The van der Waals surface area contributed by atoms with Gasteiger partial charge in [-0.3, -0.25) is 0 Å². The summed E-state index contributed by atoms with van der Waals surface area (Å²) in [6, 6.07) is 78.9. The molecule has 1 aromatic heterocycles. The maximum Gasteiger partial charge on any atom is 0.143 e. The molecule has 1 aliphatic carbocycles. The predicted octanol–water partition coefficient (Wildman–Crippen LogP) is 15.4. The second-order valence-electron chi connectivity index (χ2n) is 15.4. The first kappa shape index (κ1) is 33.9. The van der Waals surface area contributed by atoms with Gasteiger partial charge in [0.1, 0.15) is 11.2 Å². The van der Waals surface area contributed by atoms with E-state index in [0.29, 0.717) is 0 Å². The van der Waals surface area contributed by atoms with E-state index < -0.39 is 0 Å². The van der Waals surface area contributed by atoms with Crippen molar-refractivity contribution in [3.8, 4) is 44.5 Å². The molecule has 274 valence electrons. The van der Waals surface area contributed by atoms with Gasteiger partial charge in [-0.15, -0.1) is 0 Å². The summed E-state index contributed by atoms with van der Waals surface area (Å²) in [5, 5.41) is 2.27. The van der Waals surface area contributed by atoms with E-state index in [0.717, 1.165) is 50.1 Å². The summed E-state index contributed by atoms with van der Waals surface area (Å²) in [5.74, 6) is 0. The van der Waals surface area contributed by atoms with Crippen LogP contribution in [-0.2, 0) is 5.41 Å². The van der Waals surface area contributed by atoms with Gasteiger partial charge in [-0.2, -0.15) is 0 Å². The van der Waals surface area contributed by atoms with Crippen LogP contribution in [0.5, 0.6) is 0 Å². The zero-order valence-corrected chi connectivity index (χ0v) is 32.1. The largest absolute Gasteiger partial charge is 0.455 e. The summed E-state index contributed by atoms with van der Waals surface area (Å²) >= 11 is 0. The standard InChI is InChI=1S/C56H39NO/c1-56(52-19-8-5-14-48(52)49-15-6-9-20-53(49)56)43-30-36-46(37-31-43)57(44-32-26-41(27-33-44)40-24-22-39(23-25-40)38-12-3-2-4-13-38)45-34-28-42(29-35-45)47-17-11-18-51-50-16-7-10-21-54(50)58-55(47)51/h2-37H,1H3. The highest BCUT2D eigenvalue weighted by Gasteiger charge is 2.40. The van der Waals surface area contributed by atoms with Gasteiger partial charge in [0, 0.05) is 38.8 Å². The average Bonchev–Trinajstić information content (AvgIpc) is 3.81. The van der Waals surface area contributed by atoms with Gasteiger partial charge in [0.05, 0.1) is 0 Å². The molecule has 0 fully saturated rings. The lowest BCUT2D eigenvalue weighted by atomic mass is 9.74. The Labute approximate surface area is 338 Å². The van der Waals surface area contributed by atoms with E-state index in [1.54, 1.807) is 0 Å². The molecule has 58 heavy (non-hydrogen) atoms. The van der Waals surface area contributed by atoms with Crippen LogP contribution in [0.25, 0.3) is 66.4 Å². The van der Waals surface area contributed by atoms with Crippen molar-refractivity contribution in [3.05, 3.63) is 235 Å². The SMILES string of the molecule is CC1(c2ccc(N(c3ccc(-c4ccc(-c5ccccc5)cc4)cc3)c3ccc(-c4cccc5c4oc4ccccc45)cc3)cc2)c2ccccc2-c2ccccc21. The van der Waals surface area contributed by atoms with Crippen molar-refractivity contribution in [2.24, 2.45) is 0 Å². The van der Waals surface area contributed by atoms with Gasteiger partial charge in [-0.05, 0) is 105 Å². The van der Waals surface area contributed by atoms with Crippen molar-refractivity contribution in [1.82, 2.24) is 0 Å².